The van der Waals surface area contributed by atoms with Gasteiger partial charge in [-0.25, -0.2) is 16.8 Å². The van der Waals surface area contributed by atoms with Crippen LogP contribution in [0.4, 0.5) is 0 Å². The van der Waals surface area contributed by atoms with Gasteiger partial charge in [0.05, 0.1) is 50.4 Å². The number of phenols is 2. The zero-order chi connectivity index (χ0) is 55.4. The average Bonchev–Trinajstić information content (AvgIpc) is 3.35. The van der Waals surface area contributed by atoms with Gasteiger partial charge in [-0.3, -0.25) is 28.8 Å². The van der Waals surface area contributed by atoms with Crippen molar-refractivity contribution in [1.82, 2.24) is 0 Å². The Balaban J connectivity index is 0.00000111. The van der Waals surface area contributed by atoms with E-state index >= 15 is 0 Å². The summed E-state index contributed by atoms with van der Waals surface area (Å²) >= 11 is 0. The summed E-state index contributed by atoms with van der Waals surface area (Å²) in [7, 11) is -9.97. The van der Waals surface area contributed by atoms with Gasteiger partial charge in [0, 0.05) is 11.1 Å². The van der Waals surface area contributed by atoms with Gasteiger partial charge in [0.15, 0.2) is 16.3 Å². The zero-order valence-electron chi connectivity index (χ0n) is 44.8. The molecule has 2 N–H and O–H groups in total. The van der Waals surface area contributed by atoms with Crippen LogP contribution >= 0.6 is 0 Å². The molecular formula is C54H82CaO18S2. The number of hydrogen-bond donors (Lipinski definition) is 2. The SMILES string of the molecule is CCCCCCCCOC(=O)CC(C(=O)OCCCCCCCC)S(=O)(=O)[O-].CCCCCCCCOC(=O)CC(C(=O)OCCCCCCCC)S(=O)(=O)[O-].O=C1c2cccc(O)c2C(=O)c2c(O)cccc21.[Ca+2]. The second-order valence-corrected chi connectivity index (χ2v) is 21.4. The zero-order valence-corrected chi connectivity index (χ0v) is 48.6. The molecule has 2 atom stereocenters. The molecule has 0 heterocycles. The monoisotopic (exact) mass is 1120 g/mol. The van der Waals surface area contributed by atoms with E-state index in [0.29, 0.717) is 25.7 Å². The number of ketones is 2. The number of phenolic OH excluding ortho intramolecular Hbond substituents is 2. The Labute approximate surface area is 475 Å². The third-order valence-electron chi connectivity index (χ3n) is 12.0. The number of rotatable bonds is 36. The Morgan fingerprint density at radius 3 is 0.987 bits per heavy atom. The largest absolute Gasteiger partial charge is 2.00 e. The Kier molecular flexibility index (Phi) is 39.4. The smallest absolute Gasteiger partial charge is 0.747 e. The predicted octanol–water partition coefficient (Wildman–Crippen LogP) is 9.69. The topological polar surface area (TPSA) is 294 Å². The Morgan fingerprint density at radius 1 is 0.440 bits per heavy atom. The fraction of sp³-hybridized carbons (Fsp3) is 0.667. The van der Waals surface area contributed by atoms with Crippen LogP contribution in [0.15, 0.2) is 36.4 Å². The van der Waals surface area contributed by atoms with Crippen LogP contribution in [0, 0.1) is 0 Å². The van der Waals surface area contributed by atoms with Gasteiger partial charge in [-0.15, -0.1) is 0 Å². The first-order valence-electron chi connectivity index (χ1n) is 26.5. The van der Waals surface area contributed by atoms with Crippen molar-refractivity contribution < 1.29 is 83.9 Å². The minimum Gasteiger partial charge on any atom is -0.747 e. The number of fused-ring (bicyclic) bond motifs is 2. The number of carbonyl (C=O) groups excluding carboxylic acids is 6. The van der Waals surface area contributed by atoms with Crippen molar-refractivity contribution in [2.45, 2.75) is 205 Å². The second-order valence-electron chi connectivity index (χ2n) is 18.3. The fourth-order valence-corrected chi connectivity index (χ4v) is 8.95. The van der Waals surface area contributed by atoms with Crippen molar-refractivity contribution >= 4 is 93.4 Å². The summed E-state index contributed by atoms with van der Waals surface area (Å²) in [5.74, 6) is -5.47. The fourth-order valence-electron chi connectivity index (χ4n) is 7.67. The maximum absolute atomic E-state index is 12.2. The Bertz CT molecular complexity index is 2080. The maximum Gasteiger partial charge on any atom is 2.00 e. The van der Waals surface area contributed by atoms with Crippen molar-refractivity contribution in [3.63, 3.8) is 0 Å². The quantitative estimate of drug-likeness (QED) is 0.0180. The van der Waals surface area contributed by atoms with Crippen molar-refractivity contribution in [3.05, 3.63) is 58.7 Å². The molecule has 0 saturated carbocycles. The van der Waals surface area contributed by atoms with Gasteiger partial charge < -0.3 is 38.3 Å². The molecule has 0 fully saturated rings. The molecule has 2 aromatic carbocycles. The van der Waals surface area contributed by atoms with Crippen LogP contribution < -0.4 is 0 Å². The number of carbonyl (C=O) groups is 6. The van der Waals surface area contributed by atoms with Crippen LogP contribution in [-0.4, -0.2) is 146 Å². The third kappa shape index (κ3) is 30.2. The van der Waals surface area contributed by atoms with E-state index in [1.807, 2.05) is 0 Å². The number of aromatic hydroxyl groups is 2. The number of hydrogen-bond acceptors (Lipinski definition) is 18. The van der Waals surface area contributed by atoms with Crippen LogP contribution in [0.5, 0.6) is 11.5 Å². The number of benzene rings is 2. The summed E-state index contributed by atoms with van der Waals surface area (Å²) in [5.41, 5.74) is 0.240. The van der Waals surface area contributed by atoms with Gasteiger partial charge in [0.25, 0.3) is 0 Å². The van der Waals surface area contributed by atoms with Gasteiger partial charge in [-0.2, -0.15) is 0 Å². The van der Waals surface area contributed by atoms with Gasteiger partial charge in [0.1, 0.15) is 31.7 Å². The normalized spacial score (nSPS) is 12.5. The molecule has 18 nitrogen and oxygen atoms in total. The van der Waals surface area contributed by atoms with Crippen molar-refractivity contribution in [3.8, 4) is 11.5 Å². The van der Waals surface area contributed by atoms with Crippen LogP contribution in [0.3, 0.4) is 0 Å². The molecule has 2 aromatic rings. The summed E-state index contributed by atoms with van der Waals surface area (Å²) in [6.45, 7) is 8.88. The van der Waals surface area contributed by atoms with Crippen LogP contribution in [0.1, 0.15) is 226 Å². The minimum absolute atomic E-state index is 0. The summed E-state index contributed by atoms with van der Waals surface area (Å²) in [6, 6.07) is 8.68. The molecule has 0 aromatic heterocycles. The summed E-state index contributed by atoms with van der Waals surface area (Å²) in [5, 5.41) is 15.3. The molecule has 420 valence electrons. The van der Waals surface area contributed by atoms with E-state index in [2.05, 4.69) is 27.7 Å². The van der Waals surface area contributed by atoms with Gasteiger partial charge in [-0.05, 0) is 37.8 Å². The molecule has 0 spiro atoms. The van der Waals surface area contributed by atoms with Crippen molar-refractivity contribution in [2.24, 2.45) is 0 Å². The summed E-state index contributed by atoms with van der Waals surface area (Å²) in [4.78, 5) is 71.8. The molecule has 0 bridgehead atoms. The Morgan fingerprint density at radius 2 is 0.707 bits per heavy atom. The molecule has 0 radical (unpaired) electrons. The standard InChI is InChI=1S/2C20H38O7S.C14H8O4.Ca/c2*1-3-5-7-9-11-13-15-26-19(21)17-18(28(23,24)25)20(22)27-16-14-12-10-8-6-4-2;15-9-5-1-3-7-11(9)14(18)12-8(13(7)17)4-2-6-10(12)16;/h2*18H,3-17H2,1-2H3,(H,23,24,25);1-6,15-16H;/q;;;+2/p-2. The predicted molar refractivity (Wildman–Crippen MR) is 282 cm³/mol. The van der Waals surface area contributed by atoms with E-state index in [9.17, 15) is 64.9 Å². The third-order valence-corrected chi connectivity index (χ3v) is 14.1. The molecule has 1 aliphatic carbocycles. The van der Waals surface area contributed by atoms with Gasteiger partial charge in [0.2, 0.25) is 5.78 Å². The first-order chi connectivity index (χ1) is 35.3. The van der Waals surface area contributed by atoms with E-state index < -0.39 is 73.2 Å². The first-order valence-corrected chi connectivity index (χ1v) is 29.5. The first kappa shape index (κ1) is 71.3. The van der Waals surface area contributed by atoms with Crippen molar-refractivity contribution in [2.75, 3.05) is 26.4 Å². The van der Waals surface area contributed by atoms with E-state index in [4.69, 9.17) is 18.9 Å². The summed E-state index contributed by atoms with van der Waals surface area (Å²) < 4.78 is 87.7. The number of unbranched alkanes of at least 4 members (excludes halogenated alkanes) is 20. The molecule has 0 aliphatic heterocycles. The maximum atomic E-state index is 12.2. The van der Waals surface area contributed by atoms with Crippen LogP contribution in [0.2, 0.25) is 0 Å². The number of ether oxygens (including phenoxy) is 4. The molecule has 0 amide bonds. The van der Waals surface area contributed by atoms with Crippen LogP contribution in [-0.2, 0) is 58.4 Å². The summed E-state index contributed by atoms with van der Waals surface area (Å²) in [6.07, 6.45) is 22.3. The second kappa shape index (κ2) is 41.4. The Hall–Kier alpha value is -3.66. The number of esters is 4. The minimum atomic E-state index is -4.98. The van der Waals surface area contributed by atoms with E-state index in [-0.39, 0.29) is 104 Å². The van der Waals surface area contributed by atoms with Gasteiger partial charge in [-0.1, -0.05) is 180 Å². The van der Waals surface area contributed by atoms with Crippen molar-refractivity contribution in [1.29, 1.82) is 0 Å². The molecular weight excluding hydrogens is 1040 g/mol. The van der Waals surface area contributed by atoms with E-state index in [1.54, 1.807) is 0 Å². The van der Waals surface area contributed by atoms with E-state index in [1.165, 1.54) is 49.2 Å². The van der Waals surface area contributed by atoms with Crippen LogP contribution in [0.25, 0.3) is 0 Å². The molecule has 2 unspecified atom stereocenters. The van der Waals surface area contributed by atoms with Gasteiger partial charge >= 0.3 is 61.6 Å². The molecule has 21 heteroatoms. The molecule has 1 aliphatic rings. The average molecular weight is 1120 g/mol. The molecule has 75 heavy (non-hydrogen) atoms. The van der Waals surface area contributed by atoms with E-state index in [0.717, 1.165) is 116 Å². The molecule has 3 rings (SSSR count). The molecule has 0 saturated heterocycles.